The van der Waals surface area contributed by atoms with E-state index in [1.165, 1.54) is 6.92 Å². The first-order valence-electron chi connectivity index (χ1n) is 7.21. The molecule has 0 atom stereocenters. The van der Waals surface area contributed by atoms with E-state index in [2.05, 4.69) is 20.8 Å². The summed E-state index contributed by atoms with van der Waals surface area (Å²) in [5.74, 6) is -0.658. The van der Waals surface area contributed by atoms with Crippen molar-refractivity contribution in [1.29, 1.82) is 0 Å². The summed E-state index contributed by atoms with van der Waals surface area (Å²) in [6.45, 7) is 1.40. The van der Waals surface area contributed by atoms with Crippen LogP contribution in [0.5, 0.6) is 0 Å². The molecule has 3 N–H and O–H groups in total. The zero-order chi connectivity index (χ0) is 17.1. The Morgan fingerprint density at radius 3 is 2.33 bits per heavy atom. The summed E-state index contributed by atoms with van der Waals surface area (Å²) in [5, 5.41) is 12.4. The molecule has 0 spiro atoms. The monoisotopic (exact) mass is 322 g/mol. The largest absolute Gasteiger partial charge is 0.326 e. The van der Waals surface area contributed by atoms with Crippen LogP contribution in [0.3, 0.4) is 0 Å². The van der Waals surface area contributed by atoms with E-state index in [9.17, 15) is 14.4 Å². The minimum Gasteiger partial charge on any atom is -0.326 e. The number of hydrogen-bond acceptors (Lipinski definition) is 4. The Kier molecular flexibility index (Phi) is 4.07. The van der Waals surface area contributed by atoms with Gasteiger partial charge in [-0.15, -0.1) is 0 Å². The van der Waals surface area contributed by atoms with Crippen molar-refractivity contribution in [2.45, 2.75) is 6.92 Å². The zero-order valence-corrected chi connectivity index (χ0v) is 12.8. The number of benzene rings is 2. The number of hydrogen-bond donors (Lipinski definition) is 3. The average Bonchev–Trinajstić information content (AvgIpc) is 2.55. The van der Waals surface area contributed by atoms with Gasteiger partial charge in [0.25, 0.3) is 11.5 Å². The highest BCUT2D eigenvalue weighted by atomic mass is 16.2. The van der Waals surface area contributed by atoms with Crippen LogP contribution in [0, 0.1) is 0 Å². The molecule has 0 saturated heterocycles. The lowest BCUT2D eigenvalue weighted by Crippen LogP contribution is -2.19. The maximum Gasteiger partial charge on any atom is 0.276 e. The van der Waals surface area contributed by atoms with Gasteiger partial charge in [-0.05, 0) is 24.3 Å². The molecule has 0 fully saturated rings. The highest BCUT2D eigenvalue weighted by molar-refractivity contribution is 6.11. The minimum absolute atomic E-state index is 0.120. The predicted molar refractivity (Wildman–Crippen MR) is 91.1 cm³/mol. The van der Waals surface area contributed by atoms with Crippen LogP contribution in [0.25, 0.3) is 10.8 Å². The lowest BCUT2D eigenvalue weighted by molar-refractivity contribution is -0.114. The summed E-state index contributed by atoms with van der Waals surface area (Å²) in [4.78, 5) is 35.4. The highest BCUT2D eigenvalue weighted by Gasteiger charge is 2.14. The molecule has 3 rings (SSSR count). The first-order chi connectivity index (χ1) is 11.5. The van der Waals surface area contributed by atoms with Gasteiger partial charge in [0.1, 0.15) is 0 Å². The Balaban J connectivity index is 1.92. The van der Waals surface area contributed by atoms with Crippen LogP contribution in [-0.2, 0) is 4.79 Å². The average molecular weight is 322 g/mol. The van der Waals surface area contributed by atoms with Crippen LogP contribution >= 0.6 is 0 Å². The lowest BCUT2D eigenvalue weighted by Gasteiger charge is -2.08. The molecule has 0 aliphatic rings. The smallest absolute Gasteiger partial charge is 0.276 e. The fourth-order valence-electron chi connectivity index (χ4n) is 2.36. The Morgan fingerprint density at radius 1 is 0.958 bits per heavy atom. The first-order valence-corrected chi connectivity index (χ1v) is 7.21. The number of anilines is 2. The molecule has 1 heterocycles. The van der Waals surface area contributed by atoms with Crippen molar-refractivity contribution < 1.29 is 9.59 Å². The Morgan fingerprint density at radius 2 is 1.62 bits per heavy atom. The molecule has 120 valence electrons. The van der Waals surface area contributed by atoms with E-state index >= 15 is 0 Å². The molecule has 0 saturated carbocycles. The van der Waals surface area contributed by atoms with Gasteiger partial charge >= 0.3 is 0 Å². The Hall–Kier alpha value is -3.48. The van der Waals surface area contributed by atoms with Crippen LogP contribution < -0.4 is 16.2 Å². The Labute approximate surface area is 136 Å². The molecular formula is C17H14N4O3. The summed E-state index contributed by atoms with van der Waals surface area (Å²) in [7, 11) is 0. The van der Waals surface area contributed by atoms with Crippen molar-refractivity contribution in [3.8, 4) is 0 Å². The van der Waals surface area contributed by atoms with E-state index < -0.39 is 5.91 Å². The third kappa shape index (κ3) is 3.14. The quantitative estimate of drug-likeness (QED) is 0.687. The van der Waals surface area contributed by atoms with Gasteiger partial charge in [-0.25, -0.2) is 5.10 Å². The molecule has 24 heavy (non-hydrogen) atoms. The number of aromatic amines is 1. The van der Waals surface area contributed by atoms with Gasteiger partial charge in [-0.2, -0.15) is 5.10 Å². The highest BCUT2D eigenvalue weighted by Crippen LogP contribution is 2.18. The molecule has 0 aliphatic heterocycles. The molecule has 3 aromatic rings. The summed E-state index contributed by atoms with van der Waals surface area (Å²) >= 11 is 0. The summed E-state index contributed by atoms with van der Waals surface area (Å²) in [6.07, 6.45) is 0. The number of fused-ring (bicyclic) bond motifs is 1. The van der Waals surface area contributed by atoms with Crippen LogP contribution in [0.1, 0.15) is 17.4 Å². The van der Waals surface area contributed by atoms with Gasteiger partial charge in [0, 0.05) is 23.7 Å². The minimum atomic E-state index is -0.456. The van der Waals surface area contributed by atoms with Gasteiger partial charge in [0.2, 0.25) is 5.91 Å². The zero-order valence-electron chi connectivity index (χ0n) is 12.8. The predicted octanol–water partition coefficient (Wildman–Crippen LogP) is 2.13. The SMILES string of the molecule is CC(=O)Nc1cccc(NC(=O)c2n[nH]c(=O)c3ccccc23)c1. The number of rotatable bonds is 3. The molecule has 2 aromatic carbocycles. The van der Waals surface area contributed by atoms with E-state index in [4.69, 9.17) is 0 Å². The van der Waals surface area contributed by atoms with Crippen molar-refractivity contribution in [1.82, 2.24) is 10.2 Å². The van der Waals surface area contributed by atoms with Crippen LogP contribution in [-0.4, -0.2) is 22.0 Å². The number of carbonyl (C=O) groups is 2. The van der Waals surface area contributed by atoms with E-state index in [0.29, 0.717) is 22.1 Å². The third-order valence-corrected chi connectivity index (χ3v) is 3.35. The van der Waals surface area contributed by atoms with Gasteiger partial charge in [-0.3, -0.25) is 14.4 Å². The van der Waals surface area contributed by atoms with Crippen LogP contribution in [0.2, 0.25) is 0 Å². The molecule has 0 radical (unpaired) electrons. The standard InChI is InChI=1S/C17H14N4O3/c1-10(22)18-11-5-4-6-12(9-11)19-17(24)15-13-7-2-3-8-14(13)16(23)21-20-15/h2-9H,1H3,(H,18,22)(H,19,24)(H,21,23). The second-order valence-electron chi connectivity index (χ2n) is 5.16. The number of amides is 2. The topological polar surface area (TPSA) is 104 Å². The van der Waals surface area contributed by atoms with Gasteiger partial charge in [0.15, 0.2) is 5.69 Å². The van der Waals surface area contributed by atoms with E-state index in [-0.39, 0.29) is 17.2 Å². The van der Waals surface area contributed by atoms with Gasteiger partial charge < -0.3 is 10.6 Å². The number of H-pyrrole nitrogens is 1. The second-order valence-corrected chi connectivity index (χ2v) is 5.16. The maximum absolute atomic E-state index is 12.5. The molecule has 1 aromatic heterocycles. The van der Waals surface area contributed by atoms with Crippen molar-refractivity contribution in [2.75, 3.05) is 10.6 Å². The van der Waals surface area contributed by atoms with Crippen LogP contribution in [0.4, 0.5) is 11.4 Å². The summed E-state index contributed by atoms with van der Waals surface area (Å²) < 4.78 is 0. The molecule has 7 heteroatoms. The number of aromatic nitrogens is 2. The van der Waals surface area contributed by atoms with E-state index in [0.717, 1.165) is 0 Å². The molecule has 0 aliphatic carbocycles. The van der Waals surface area contributed by atoms with E-state index in [1.54, 1.807) is 48.5 Å². The molecule has 7 nitrogen and oxygen atoms in total. The molecule has 0 bridgehead atoms. The second kappa shape index (κ2) is 6.33. The summed E-state index contributed by atoms with van der Waals surface area (Å²) in [5.41, 5.74) is 0.841. The summed E-state index contributed by atoms with van der Waals surface area (Å²) in [6, 6.07) is 13.5. The normalized spacial score (nSPS) is 10.4. The Bertz CT molecular complexity index is 994. The molecular weight excluding hydrogens is 308 g/mol. The fourth-order valence-corrected chi connectivity index (χ4v) is 2.36. The maximum atomic E-state index is 12.5. The number of nitrogens with zero attached hydrogens (tertiary/aromatic N) is 1. The number of carbonyl (C=O) groups excluding carboxylic acids is 2. The first kappa shape index (κ1) is 15.4. The fraction of sp³-hybridized carbons (Fsp3) is 0.0588. The third-order valence-electron chi connectivity index (χ3n) is 3.35. The van der Waals surface area contributed by atoms with Crippen molar-refractivity contribution in [3.05, 3.63) is 64.6 Å². The van der Waals surface area contributed by atoms with Crippen molar-refractivity contribution in [3.63, 3.8) is 0 Å². The number of nitrogens with one attached hydrogen (secondary N) is 3. The van der Waals surface area contributed by atoms with Crippen molar-refractivity contribution >= 4 is 34.0 Å². The van der Waals surface area contributed by atoms with Gasteiger partial charge in [-0.1, -0.05) is 24.3 Å². The van der Waals surface area contributed by atoms with Crippen LogP contribution in [0.15, 0.2) is 53.3 Å². The van der Waals surface area contributed by atoms with E-state index in [1.807, 2.05) is 0 Å². The van der Waals surface area contributed by atoms with Gasteiger partial charge in [0.05, 0.1) is 5.39 Å². The molecule has 2 amide bonds. The molecule has 0 unspecified atom stereocenters. The lowest BCUT2D eigenvalue weighted by atomic mass is 10.1. The van der Waals surface area contributed by atoms with Crippen molar-refractivity contribution in [2.24, 2.45) is 0 Å².